The number of halogens is 2. The fourth-order valence-electron chi connectivity index (χ4n) is 3.46. The lowest BCUT2D eigenvalue weighted by molar-refractivity contribution is -0.132. The van der Waals surface area contributed by atoms with E-state index >= 15 is 0 Å². The third-order valence-corrected chi connectivity index (χ3v) is 4.70. The number of hydrogen-bond acceptors (Lipinski definition) is 2. The summed E-state index contributed by atoms with van der Waals surface area (Å²) < 4.78 is 26.8. The van der Waals surface area contributed by atoms with Crippen LogP contribution in [0.3, 0.4) is 0 Å². The largest absolute Gasteiger partial charge is 0.336 e. The van der Waals surface area contributed by atoms with Crippen molar-refractivity contribution in [1.82, 2.24) is 4.90 Å². The van der Waals surface area contributed by atoms with Gasteiger partial charge in [0.15, 0.2) is 0 Å². The van der Waals surface area contributed by atoms with E-state index in [2.05, 4.69) is 0 Å². The van der Waals surface area contributed by atoms with Crippen molar-refractivity contribution in [3.8, 4) is 0 Å². The molecule has 1 amide bonds. The highest BCUT2D eigenvalue weighted by molar-refractivity contribution is 5.77. The van der Waals surface area contributed by atoms with Gasteiger partial charge in [0.2, 0.25) is 5.91 Å². The molecular formula is C20H22F2N2O. The third-order valence-electron chi connectivity index (χ3n) is 4.70. The van der Waals surface area contributed by atoms with Crippen molar-refractivity contribution < 1.29 is 13.6 Å². The van der Waals surface area contributed by atoms with Crippen LogP contribution in [0.4, 0.5) is 8.78 Å². The average molecular weight is 344 g/mol. The van der Waals surface area contributed by atoms with Gasteiger partial charge in [-0.05, 0) is 48.6 Å². The quantitative estimate of drug-likeness (QED) is 0.901. The monoisotopic (exact) mass is 344 g/mol. The molecule has 2 aromatic carbocycles. The number of amides is 1. The Morgan fingerprint density at radius 2 is 1.88 bits per heavy atom. The van der Waals surface area contributed by atoms with Crippen molar-refractivity contribution in [1.29, 1.82) is 0 Å². The van der Waals surface area contributed by atoms with E-state index in [1.165, 1.54) is 18.2 Å². The lowest BCUT2D eigenvalue weighted by Crippen LogP contribution is -2.36. The summed E-state index contributed by atoms with van der Waals surface area (Å²) in [6, 6.07) is 12.3. The molecule has 1 aliphatic rings. The van der Waals surface area contributed by atoms with Gasteiger partial charge in [-0.15, -0.1) is 0 Å². The van der Waals surface area contributed by atoms with Crippen molar-refractivity contribution >= 4 is 5.91 Å². The van der Waals surface area contributed by atoms with Gasteiger partial charge in [0.25, 0.3) is 0 Å². The third kappa shape index (κ3) is 4.23. The highest BCUT2D eigenvalue weighted by Gasteiger charge is 2.30. The van der Waals surface area contributed by atoms with E-state index in [1.54, 1.807) is 30.3 Å². The molecule has 0 aromatic heterocycles. The lowest BCUT2D eigenvalue weighted by Gasteiger charge is -2.26. The summed E-state index contributed by atoms with van der Waals surface area (Å²) in [6.07, 6.45) is 2.27. The normalized spacial score (nSPS) is 18.4. The van der Waals surface area contributed by atoms with Gasteiger partial charge >= 0.3 is 0 Å². The number of hydrogen-bond donors (Lipinski definition) is 1. The van der Waals surface area contributed by atoms with E-state index in [9.17, 15) is 13.6 Å². The fraction of sp³-hybridized carbons (Fsp3) is 0.350. The molecule has 0 bridgehead atoms. The zero-order valence-corrected chi connectivity index (χ0v) is 14.0. The summed E-state index contributed by atoms with van der Waals surface area (Å²) in [6.45, 7) is 0.674. The van der Waals surface area contributed by atoms with Gasteiger partial charge in [0.05, 0.1) is 6.04 Å². The van der Waals surface area contributed by atoms with Crippen molar-refractivity contribution in [2.24, 2.45) is 5.73 Å². The first kappa shape index (κ1) is 17.5. The standard InChI is InChI=1S/C20H22F2N2O/c21-16-9-7-14(8-10-16)19-6-3-11-24(19)20(25)13-17(23)12-15-4-1-2-5-18(15)22/h1-2,4-5,7-10,17,19H,3,6,11-13,23H2/t17-,19?/m1/s1. The van der Waals surface area contributed by atoms with E-state index in [0.717, 1.165) is 18.4 Å². The van der Waals surface area contributed by atoms with Crippen LogP contribution in [0.2, 0.25) is 0 Å². The summed E-state index contributed by atoms with van der Waals surface area (Å²) in [7, 11) is 0. The van der Waals surface area contributed by atoms with Crippen LogP contribution in [0.1, 0.15) is 36.4 Å². The molecule has 1 saturated heterocycles. The Bertz CT molecular complexity index is 733. The first-order chi connectivity index (χ1) is 12.0. The Hall–Kier alpha value is -2.27. The summed E-state index contributed by atoms with van der Waals surface area (Å²) in [5.74, 6) is -0.613. The summed E-state index contributed by atoms with van der Waals surface area (Å²) >= 11 is 0. The molecule has 3 nitrogen and oxygen atoms in total. The minimum atomic E-state index is -0.432. The Morgan fingerprint density at radius 3 is 2.60 bits per heavy atom. The first-order valence-corrected chi connectivity index (χ1v) is 8.58. The Morgan fingerprint density at radius 1 is 1.16 bits per heavy atom. The van der Waals surface area contributed by atoms with Crippen molar-refractivity contribution in [2.45, 2.75) is 37.8 Å². The highest BCUT2D eigenvalue weighted by atomic mass is 19.1. The first-order valence-electron chi connectivity index (χ1n) is 8.58. The van der Waals surface area contributed by atoms with E-state index in [1.807, 2.05) is 4.90 Å². The van der Waals surface area contributed by atoms with E-state index in [4.69, 9.17) is 5.73 Å². The molecule has 0 radical (unpaired) electrons. The SMILES string of the molecule is N[C@@H](CC(=O)N1CCCC1c1ccc(F)cc1)Cc1ccccc1F. The number of nitrogens with zero attached hydrogens (tertiary/aromatic N) is 1. The van der Waals surface area contributed by atoms with Gasteiger partial charge in [-0.3, -0.25) is 4.79 Å². The number of carbonyl (C=O) groups excluding carboxylic acids is 1. The van der Waals surface area contributed by atoms with Crippen LogP contribution in [-0.2, 0) is 11.2 Å². The molecule has 0 spiro atoms. The van der Waals surface area contributed by atoms with Gasteiger partial charge in [0.1, 0.15) is 11.6 Å². The number of nitrogens with two attached hydrogens (primary N) is 1. The van der Waals surface area contributed by atoms with Crippen LogP contribution < -0.4 is 5.73 Å². The number of rotatable bonds is 5. The molecule has 1 fully saturated rings. The fourth-order valence-corrected chi connectivity index (χ4v) is 3.46. The van der Waals surface area contributed by atoms with Crippen LogP contribution in [0.15, 0.2) is 48.5 Å². The molecule has 1 unspecified atom stereocenters. The topological polar surface area (TPSA) is 46.3 Å². The molecule has 1 heterocycles. The number of likely N-dealkylation sites (tertiary alicyclic amines) is 1. The van der Waals surface area contributed by atoms with Crippen LogP contribution in [0, 0.1) is 11.6 Å². The zero-order chi connectivity index (χ0) is 17.8. The smallest absolute Gasteiger partial charge is 0.224 e. The summed E-state index contributed by atoms with van der Waals surface area (Å²) in [5, 5.41) is 0. The maximum atomic E-state index is 13.7. The Labute approximate surface area is 146 Å². The second-order valence-corrected chi connectivity index (χ2v) is 6.56. The lowest BCUT2D eigenvalue weighted by atomic mass is 10.0. The summed E-state index contributed by atoms with van der Waals surface area (Å²) in [5.41, 5.74) is 7.55. The molecule has 2 N–H and O–H groups in total. The molecule has 0 aliphatic carbocycles. The zero-order valence-electron chi connectivity index (χ0n) is 14.0. The van der Waals surface area contributed by atoms with Gasteiger partial charge in [-0.1, -0.05) is 30.3 Å². The maximum Gasteiger partial charge on any atom is 0.224 e. The van der Waals surface area contributed by atoms with Crippen LogP contribution in [0.5, 0.6) is 0 Å². The maximum absolute atomic E-state index is 13.7. The predicted molar refractivity (Wildman–Crippen MR) is 92.8 cm³/mol. The number of benzene rings is 2. The second kappa shape index (κ2) is 7.74. The highest BCUT2D eigenvalue weighted by Crippen LogP contribution is 2.32. The van der Waals surface area contributed by atoms with E-state index in [0.29, 0.717) is 18.5 Å². The molecule has 1 aliphatic heterocycles. The Balaban J connectivity index is 1.63. The Kier molecular flexibility index (Phi) is 5.43. The van der Waals surface area contributed by atoms with Crippen LogP contribution >= 0.6 is 0 Å². The van der Waals surface area contributed by atoms with Gasteiger partial charge in [-0.25, -0.2) is 8.78 Å². The molecule has 132 valence electrons. The minimum absolute atomic E-state index is 0.0318. The summed E-state index contributed by atoms with van der Waals surface area (Å²) in [4.78, 5) is 14.5. The van der Waals surface area contributed by atoms with Crippen LogP contribution in [0.25, 0.3) is 0 Å². The molecule has 2 aromatic rings. The molecule has 3 rings (SSSR count). The van der Waals surface area contributed by atoms with Gasteiger partial charge < -0.3 is 10.6 Å². The van der Waals surface area contributed by atoms with Gasteiger partial charge in [-0.2, -0.15) is 0 Å². The van der Waals surface area contributed by atoms with Gasteiger partial charge in [0, 0.05) is 19.0 Å². The second-order valence-electron chi connectivity index (χ2n) is 6.56. The molecule has 5 heteroatoms. The average Bonchev–Trinajstić information content (AvgIpc) is 3.07. The number of carbonyl (C=O) groups is 1. The molecule has 0 saturated carbocycles. The van der Waals surface area contributed by atoms with Crippen molar-refractivity contribution in [3.63, 3.8) is 0 Å². The van der Waals surface area contributed by atoms with Crippen molar-refractivity contribution in [2.75, 3.05) is 6.54 Å². The molecular weight excluding hydrogens is 322 g/mol. The van der Waals surface area contributed by atoms with Crippen LogP contribution in [-0.4, -0.2) is 23.4 Å². The molecule has 2 atom stereocenters. The van der Waals surface area contributed by atoms with E-state index in [-0.39, 0.29) is 30.0 Å². The van der Waals surface area contributed by atoms with E-state index < -0.39 is 6.04 Å². The predicted octanol–water partition coefficient (Wildman–Crippen LogP) is 3.59. The molecule has 25 heavy (non-hydrogen) atoms. The van der Waals surface area contributed by atoms with Crippen molar-refractivity contribution in [3.05, 3.63) is 71.3 Å². The minimum Gasteiger partial charge on any atom is -0.336 e.